The molecule has 6 aliphatic rings. The maximum Gasteiger partial charge on any atom is 0.192 e. The molecular weight excluding hydrogens is 817 g/mol. The first kappa shape index (κ1) is 53.7. The Morgan fingerprint density at radius 2 is 0.938 bits per heavy atom. The number of aliphatic hydroxyl groups excluding tert-OH is 2. The molecule has 6 rings (SSSR count). The molecule has 0 aromatic rings. The minimum atomic E-state index is -1.94. The third-order valence-electron chi connectivity index (χ3n) is 19.4. The quantitative estimate of drug-likeness (QED) is 0.169. The molecule has 0 spiro atoms. The van der Waals surface area contributed by atoms with Crippen LogP contribution in [-0.4, -0.2) is 51.3 Å². The number of rotatable bonds is 10. The molecule has 0 heterocycles. The average molecular weight is 918 g/mol. The fourth-order valence-electron chi connectivity index (χ4n) is 12.6. The van der Waals surface area contributed by atoms with E-state index in [1.807, 2.05) is 0 Å². The average Bonchev–Trinajstić information content (AvgIpc) is 3.87. The Labute approximate surface area is 397 Å². The highest BCUT2D eigenvalue weighted by atomic mass is 28.4. The van der Waals surface area contributed by atoms with Gasteiger partial charge >= 0.3 is 0 Å². The van der Waals surface area contributed by atoms with Crippen molar-refractivity contribution in [2.24, 2.45) is 59.2 Å². The van der Waals surface area contributed by atoms with Gasteiger partial charge in [0, 0.05) is 0 Å². The predicted molar refractivity (Wildman–Crippen MR) is 280 cm³/mol. The van der Waals surface area contributed by atoms with Gasteiger partial charge in [-0.3, -0.25) is 0 Å². The summed E-state index contributed by atoms with van der Waals surface area (Å²) >= 11 is 0. The molecule has 0 amide bonds. The van der Waals surface area contributed by atoms with Gasteiger partial charge in [0.1, 0.15) is 0 Å². The predicted octanol–water partition coefficient (Wildman–Crippen LogP) is 16.1. The van der Waals surface area contributed by atoms with Gasteiger partial charge in [0.25, 0.3) is 0 Å². The van der Waals surface area contributed by atoms with Gasteiger partial charge < -0.3 is 19.1 Å². The Bertz CT molecular complexity index is 1680. The second-order valence-corrected chi connectivity index (χ2v) is 35.0. The normalized spacial score (nSPS) is 36.3. The minimum Gasteiger partial charge on any atom is -0.410 e. The van der Waals surface area contributed by atoms with Crippen LogP contribution in [0, 0.1) is 59.2 Å². The molecule has 0 radical (unpaired) electrons. The molecule has 6 heteroatoms. The van der Waals surface area contributed by atoms with E-state index in [9.17, 15) is 10.2 Å². The first-order chi connectivity index (χ1) is 29.7. The van der Waals surface area contributed by atoms with Crippen LogP contribution in [0.2, 0.25) is 36.3 Å². The lowest BCUT2D eigenvalue weighted by atomic mass is 9.66. The van der Waals surface area contributed by atoms with Crippen LogP contribution in [0.15, 0.2) is 70.9 Å². The lowest BCUT2D eigenvalue weighted by molar-refractivity contribution is 0.123. The highest BCUT2D eigenvalue weighted by Crippen LogP contribution is 2.55. The Hall–Kier alpha value is -1.29. The molecule has 0 saturated heterocycles. The van der Waals surface area contributed by atoms with Crippen molar-refractivity contribution in [1.29, 1.82) is 0 Å². The second kappa shape index (κ2) is 21.6. The third kappa shape index (κ3) is 12.3. The first-order valence-corrected chi connectivity index (χ1v) is 32.4. The summed E-state index contributed by atoms with van der Waals surface area (Å²) in [6.07, 6.45) is 25.0. The SMILES string of the molecule is C=C1[C@H](O)CC(=C/C=C2\CC[C@@H](C)C3[C@H]2CC[C@@H]3[C@@H](C)CC)C[C@H]1O.C=C1[C@H](O[Si](C)(C)C(C)(C)C)CC(=C/C=C2\CC[C@@H](C)C3[C@H]2CC[C@@H]3[C@@H](C)CC)C[C@H]1O[Si](C)(C)C(C)(C)C. The van der Waals surface area contributed by atoms with E-state index in [0.29, 0.717) is 18.4 Å². The van der Waals surface area contributed by atoms with Crippen molar-refractivity contribution in [2.75, 3.05) is 0 Å². The molecule has 4 nitrogen and oxygen atoms in total. The summed E-state index contributed by atoms with van der Waals surface area (Å²) in [5.41, 5.74) is 7.75. The van der Waals surface area contributed by atoms with Crippen LogP contribution in [0.1, 0.15) is 173 Å². The highest BCUT2D eigenvalue weighted by Gasteiger charge is 2.48. The maximum atomic E-state index is 10.0. The molecule has 0 aromatic heterocycles. The Morgan fingerprint density at radius 3 is 1.28 bits per heavy atom. The summed E-state index contributed by atoms with van der Waals surface area (Å²) in [5, 5.41) is 20.4. The van der Waals surface area contributed by atoms with Crippen LogP contribution < -0.4 is 0 Å². The van der Waals surface area contributed by atoms with Gasteiger partial charge in [0.15, 0.2) is 16.6 Å². The van der Waals surface area contributed by atoms with Gasteiger partial charge in [-0.15, -0.1) is 0 Å². The van der Waals surface area contributed by atoms with Crippen LogP contribution in [0.4, 0.5) is 0 Å². The van der Waals surface area contributed by atoms with Crippen molar-refractivity contribution in [1.82, 2.24) is 0 Å². The molecule has 0 aromatic carbocycles. The molecule has 0 aliphatic heterocycles. The third-order valence-corrected chi connectivity index (χ3v) is 28.3. The standard InChI is InChI=1S/C35H64O2Si2.C23H36O2/c1-15-24(2)29-20-21-30-28(18-16-25(3)33(29)30)19-17-27-22-31(36-38(11,12)34(5,6)7)26(4)32(23-27)37-39(13,14)35(8,9)10;1-5-14(2)19-10-11-20-18(8-6-15(3)23(19)20)9-7-17-12-21(24)16(4)22(25)13-17/h17,19,24-25,29-33H,4,15-16,18,20-23H2,1-3,5-14H3;7,9,14-15,19-25H,4-6,8,10-13H2,1-3H3/b28-19+;18-9+/t24-,25+,29+,30-,31+,32+,33?;14-,15+,19+,20-,21+,22+,23?/m00/s1. The van der Waals surface area contributed by atoms with Gasteiger partial charge in [0.05, 0.1) is 24.4 Å². The fourth-order valence-corrected chi connectivity index (χ4v) is 15.2. The summed E-state index contributed by atoms with van der Waals surface area (Å²) in [6.45, 7) is 46.6. The zero-order valence-corrected chi connectivity index (χ0v) is 46.4. The number of allylic oxidation sites excluding steroid dienone is 6. The van der Waals surface area contributed by atoms with Crippen molar-refractivity contribution in [2.45, 2.75) is 234 Å². The van der Waals surface area contributed by atoms with Crippen molar-refractivity contribution in [3.05, 3.63) is 70.9 Å². The molecule has 364 valence electrons. The molecule has 2 unspecified atom stereocenters. The number of aliphatic hydroxyl groups is 2. The van der Waals surface area contributed by atoms with E-state index in [0.717, 1.165) is 77.6 Å². The van der Waals surface area contributed by atoms with E-state index < -0.39 is 28.8 Å². The zero-order chi connectivity index (χ0) is 47.7. The molecule has 6 saturated carbocycles. The number of fused-ring (bicyclic) bond motifs is 2. The Morgan fingerprint density at radius 1 is 0.578 bits per heavy atom. The van der Waals surface area contributed by atoms with E-state index >= 15 is 0 Å². The van der Waals surface area contributed by atoms with E-state index in [4.69, 9.17) is 8.85 Å². The van der Waals surface area contributed by atoms with Crippen LogP contribution in [0.3, 0.4) is 0 Å². The van der Waals surface area contributed by atoms with Crippen LogP contribution in [0.5, 0.6) is 0 Å². The largest absolute Gasteiger partial charge is 0.410 e. The minimum absolute atomic E-state index is 0.0550. The summed E-state index contributed by atoms with van der Waals surface area (Å²) in [4.78, 5) is 0. The van der Waals surface area contributed by atoms with E-state index in [1.165, 1.54) is 75.4 Å². The molecule has 2 N–H and O–H groups in total. The highest BCUT2D eigenvalue weighted by molar-refractivity contribution is 6.74. The van der Waals surface area contributed by atoms with Gasteiger partial charge in [0.2, 0.25) is 0 Å². The first-order valence-electron chi connectivity index (χ1n) is 26.6. The summed E-state index contributed by atoms with van der Waals surface area (Å²) < 4.78 is 14.1. The summed E-state index contributed by atoms with van der Waals surface area (Å²) in [7, 11) is -3.88. The molecule has 0 bridgehead atoms. The maximum absolute atomic E-state index is 10.0. The van der Waals surface area contributed by atoms with E-state index in [-0.39, 0.29) is 22.3 Å². The molecule has 6 fully saturated rings. The summed E-state index contributed by atoms with van der Waals surface area (Å²) in [6, 6.07) is 0. The van der Waals surface area contributed by atoms with Gasteiger partial charge in [-0.25, -0.2) is 0 Å². The zero-order valence-electron chi connectivity index (χ0n) is 44.4. The van der Waals surface area contributed by atoms with Gasteiger partial charge in [-0.1, -0.05) is 156 Å². The molecular formula is C58H100O4Si2. The fraction of sp³-hybridized carbons (Fsp3) is 0.793. The Balaban J connectivity index is 0.000000264. The number of hydrogen-bond acceptors (Lipinski definition) is 4. The monoisotopic (exact) mass is 917 g/mol. The topological polar surface area (TPSA) is 58.9 Å². The van der Waals surface area contributed by atoms with Crippen LogP contribution in [-0.2, 0) is 8.85 Å². The van der Waals surface area contributed by atoms with Gasteiger partial charge in [-0.05, 0) is 184 Å². The summed E-state index contributed by atoms with van der Waals surface area (Å²) in [5.74, 6) is 8.49. The van der Waals surface area contributed by atoms with E-state index in [1.54, 1.807) is 11.1 Å². The van der Waals surface area contributed by atoms with Crippen LogP contribution in [0.25, 0.3) is 0 Å². The van der Waals surface area contributed by atoms with Crippen LogP contribution >= 0.6 is 0 Å². The molecule has 6 aliphatic carbocycles. The van der Waals surface area contributed by atoms with Crippen molar-refractivity contribution >= 4 is 16.6 Å². The second-order valence-electron chi connectivity index (χ2n) is 25.5. The van der Waals surface area contributed by atoms with Crippen molar-refractivity contribution in [3.8, 4) is 0 Å². The van der Waals surface area contributed by atoms with Crippen molar-refractivity contribution in [3.63, 3.8) is 0 Å². The molecule has 64 heavy (non-hydrogen) atoms. The van der Waals surface area contributed by atoms with Crippen molar-refractivity contribution < 1.29 is 19.1 Å². The smallest absolute Gasteiger partial charge is 0.192 e. The van der Waals surface area contributed by atoms with E-state index in [2.05, 4.69) is 147 Å². The lowest BCUT2D eigenvalue weighted by Gasteiger charge is -2.46. The molecule has 14 atom stereocenters. The lowest BCUT2D eigenvalue weighted by Crippen LogP contribution is -2.49. The van der Waals surface area contributed by atoms with Gasteiger partial charge in [-0.2, -0.15) is 0 Å². The number of hydrogen-bond donors (Lipinski definition) is 2. The Kier molecular flexibility index (Phi) is 18.1.